The number of carbonyl (C=O) groups excluding carboxylic acids is 1. The minimum Gasteiger partial charge on any atom is -0.480 e. The maximum absolute atomic E-state index is 12.3. The van der Waals surface area contributed by atoms with E-state index in [0.717, 1.165) is 43.7 Å². The molecule has 1 aromatic heterocycles. The van der Waals surface area contributed by atoms with Gasteiger partial charge < -0.3 is 20.8 Å². The average Bonchev–Trinajstić information content (AvgIpc) is 2.74. The summed E-state index contributed by atoms with van der Waals surface area (Å²) in [6.07, 6.45) is 4.22. The molecule has 0 aromatic carbocycles. The van der Waals surface area contributed by atoms with Crippen LogP contribution < -0.4 is 10.6 Å². The highest BCUT2D eigenvalue weighted by Crippen LogP contribution is 2.22. The fraction of sp³-hybridized carbons (Fsp3) is 0.667. The number of aromatic nitrogens is 1. The number of likely N-dealkylation sites (tertiary alicyclic amines) is 1. The molecule has 29 heavy (non-hydrogen) atoms. The van der Waals surface area contributed by atoms with Crippen LogP contribution in [0.25, 0.3) is 0 Å². The van der Waals surface area contributed by atoms with Gasteiger partial charge in [-0.25, -0.2) is 4.98 Å². The van der Waals surface area contributed by atoms with E-state index in [9.17, 15) is 14.7 Å². The number of hydrogen-bond donors (Lipinski definition) is 4. The highest BCUT2D eigenvalue weighted by Gasteiger charge is 2.39. The van der Waals surface area contributed by atoms with Crippen LogP contribution in [-0.2, 0) is 22.4 Å². The summed E-state index contributed by atoms with van der Waals surface area (Å²) >= 11 is 0. The smallest absolute Gasteiger partial charge is 0.317 e. The number of pyridine rings is 1. The van der Waals surface area contributed by atoms with E-state index in [2.05, 4.69) is 21.7 Å². The van der Waals surface area contributed by atoms with E-state index in [0.29, 0.717) is 19.6 Å². The molecule has 1 saturated heterocycles. The van der Waals surface area contributed by atoms with Gasteiger partial charge in [0.15, 0.2) is 0 Å². The molecule has 0 atom stereocenters. The van der Waals surface area contributed by atoms with E-state index < -0.39 is 11.6 Å². The second-order valence-corrected chi connectivity index (χ2v) is 7.40. The number of aliphatic hydroxyl groups is 1. The second-order valence-electron chi connectivity index (χ2n) is 7.40. The van der Waals surface area contributed by atoms with Crippen molar-refractivity contribution in [1.82, 2.24) is 15.2 Å². The molecule has 3 heterocycles. The van der Waals surface area contributed by atoms with Gasteiger partial charge in [-0.3, -0.25) is 14.5 Å². The van der Waals surface area contributed by atoms with Crippen molar-refractivity contribution in [2.75, 3.05) is 38.0 Å². The Morgan fingerprint density at radius 1 is 1.28 bits per heavy atom. The van der Waals surface area contributed by atoms with Crippen LogP contribution >= 0.6 is 0 Å². The van der Waals surface area contributed by atoms with Crippen molar-refractivity contribution in [2.24, 2.45) is 0 Å². The topological polar surface area (TPSA) is 115 Å². The number of carboxylic acid groups (broad SMARTS) is 1. The first-order chi connectivity index (χ1) is 14.0. The van der Waals surface area contributed by atoms with Crippen LogP contribution in [0.15, 0.2) is 12.1 Å². The summed E-state index contributed by atoms with van der Waals surface area (Å²) in [7, 11) is 0. The third-order valence-electron chi connectivity index (χ3n) is 5.31. The van der Waals surface area contributed by atoms with Crippen molar-refractivity contribution in [3.63, 3.8) is 0 Å². The van der Waals surface area contributed by atoms with Crippen LogP contribution in [0.5, 0.6) is 0 Å². The van der Waals surface area contributed by atoms with Crippen molar-refractivity contribution in [3.8, 4) is 0 Å². The van der Waals surface area contributed by atoms with Crippen molar-refractivity contribution in [1.29, 1.82) is 0 Å². The van der Waals surface area contributed by atoms with Gasteiger partial charge >= 0.3 is 5.97 Å². The Hall–Kier alpha value is -2.19. The van der Waals surface area contributed by atoms with Crippen LogP contribution in [-0.4, -0.2) is 70.3 Å². The molecule has 2 aliphatic rings. The lowest BCUT2D eigenvalue weighted by Crippen LogP contribution is -2.54. The number of amides is 1. The molecule has 2 aliphatic heterocycles. The number of carbonyl (C=O) groups is 2. The second kappa shape index (κ2) is 11.1. The summed E-state index contributed by atoms with van der Waals surface area (Å²) in [5.41, 5.74) is 0.857. The Morgan fingerprint density at radius 2 is 2.00 bits per heavy atom. The normalized spacial score (nSPS) is 17.9. The monoisotopic (exact) mass is 406 g/mol. The molecule has 0 aliphatic carbocycles. The lowest BCUT2D eigenvalue weighted by atomic mass is 9.90. The van der Waals surface area contributed by atoms with Gasteiger partial charge in [0.2, 0.25) is 0 Å². The third-order valence-corrected chi connectivity index (χ3v) is 5.31. The van der Waals surface area contributed by atoms with E-state index in [1.807, 2.05) is 19.9 Å². The number of carboxylic acids is 1. The molecule has 0 spiro atoms. The van der Waals surface area contributed by atoms with Gasteiger partial charge in [-0.1, -0.05) is 19.9 Å². The largest absolute Gasteiger partial charge is 0.480 e. The summed E-state index contributed by atoms with van der Waals surface area (Å²) < 4.78 is 0. The number of rotatable bonds is 7. The SMILES string of the molecule is CC.O=C(O)CN1CCC(O)(C(=O)NCCCc2ccc3c(n2)NCCC3)CC1. The average molecular weight is 407 g/mol. The summed E-state index contributed by atoms with van der Waals surface area (Å²) in [6.45, 7) is 6.19. The molecule has 8 heteroatoms. The minimum absolute atomic E-state index is 0.0552. The lowest BCUT2D eigenvalue weighted by molar-refractivity contribution is -0.146. The number of fused-ring (bicyclic) bond motifs is 1. The van der Waals surface area contributed by atoms with Gasteiger partial charge in [0, 0.05) is 31.9 Å². The maximum atomic E-state index is 12.3. The molecule has 3 rings (SSSR count). The standard InChI is InChI=1S/C19H28N4O4.C2H6/c24-16(25)13-23-11-7-19(27,8-12-23)18(26)21-10-2-4-15-6-5-14-3-1-9-20-17(14)22-15;1-2/h5-6,27H,1-4,7-13H2,(H,20,22)(H,21,26)(H,24,25);1-2H3. The van der Waals surface area contributed by atoms with E-state index in [1.54, 1.807) is 4.90 Å². The highest BCUT2D eigenvalue weighted by molar-refractivity contribution is 5.85. The first kappa shape index (κ1) is 23.1. The van der Waals surface area contributed by atoms with Crippen molar-refractivity contribution in [2.45, 2.75) is 58.0 Å². The van der Waals surface area contributed by atoms with Gasteiger partial charge in [0.05, 0.1) is 6.54 Å². The molecule has 1 aromatic rings. The Balaban J connectivity index is 0.00000145. The number of anilines is 1. The molecule has 162 valence electrons. The summed E-state index contributed by atoms with van der Waals surface area (Å²) in [4.78, 5) is 29.4. The molecule has 0 radical (unpaired) electrons. The number of piperidine rings is 1. The molecule has 4 N–H and O–H groups in total. The van der Waals surface area contributed by atoms with Crippen molar-refractivity contribution >= 4 is 17.7 Å². The van der Waals surface area contributed by atoms with Crippen LogP contribution in [0, 0.1) is 0 Å². The number of nitrogens with one attached hydrogen (secondary N) is 2. The fourth-order valence-corrected chi connectivity index (χ4v) is 3.64. The number of hydrogen-bond acceptors (Lipinski definition) is 6. The van der Waals surface area contributed by atoms with Crippen LogP contribution in [0.3, 0.4) is 0 Å². The lowest BCUT2D eigenvalue weighted by Gasteiger charge is -2.36. The Bertz CT molecular complexity index is 687. The van der Waals surface area contributed by atoms with Crippen LogP contribution in [0.4, 0.5) is 5.82 Å². The fourth-order valence-electron chi connectivity index (χ4n) is 3.64. The van der Waals surface area contributed by atoms with Gasteiger partial charge in [-0.2, -0.15) is 0 Å². The first-order valence-corrected chi connectivity index (χ1v) is 10.6. The number of nitrogens with zero attached hydrogens (tertiary/aromatic N) is 2. The Morgan fingerprint density at radius 3 is 2.69 bits per heavy atom. The van der Waals surface area contributed by atoms with Gasteiger partial charge in [0.25, 0.3) is 5.91 Å². The quantitative estimate of drug-likeness (QED) is 0.506. The Labute approximate surface area is 172 Å². The maximum Gasteiger partial charge on any atom is 0.317 e. The molecule has 1 fully saturated rings. The summed E-state index contributed by atoms with van der Waals surface area (Å²) in [5, 5.41) is 25.5. The van der Waals surface area contributed by atoms with Gasteiger partial charge in [-0.15, -0.1) is 0 Å². The van der Waals surface area contributed by atoms with Crippen LogP contribution in [0.1, 0.15) is 50.8 Å². The minimum atomic E-state index is -1.40. The molecule has 0 unspecified atom stereocenters. The van der Waals surface area contributed by atoms with E-state index in [1.165, 1.54) is 5.56 Å². The first-order valence-electron chi connectivity index (χ1n) is 10.6. The summed E-state index contributed by atoms with van der Waals surface area (Å²) in [5.74, 6) is -0.279. The molecular weight excluding hydrogens is 372 g/mol. The third kappa shape index (κ3) is 6.68. The van der Waals surface area contributed by atoms with Gasteiger partial charge in [-0.05, 0) is 50.2 Å². The van der Waals surface area contributed by atoms with Crippen molar-refractivity contribution in [3.05, 3.63) is 23.4 Å². The Kier molecular flexibility index (Phi) is 8.85. The van der Waals surface area contributed by atoms with E-state index in [4.69, 9.17) is 5.11 Å². The molecule has 0 saturated carbocycles. The molecular formula is C21H34N4O4. The zero-order chi connectivity index (χ0) is 21.3. The van der Waals surface area contributed by atoms with Crippen LogP contribution in [0.2, 0.25) is 0 Å². The van der Waals surface area contributed by atoms with E-state index >= 15 is 0 Å². The van der Waals surface area contributed by atoms with Crippen molar-refractivity contribution < 1.29 is 19.8 Å². The number of aryl methyl sites for hydroxylation is 2. The number of aliphatic carboxylic acids is 1. The predicted octanol–water partition coefficient (Wildman–Crippen LogP) is 1.43. The van der Waals surface area contributed by atoms with Gasteiger partial charge in [0.1, 0.15) is 11.4 Å². The highest BCUT2D eigenvalue weighted by atomic mass is 16.4. The van der Waals surface area contributed by atoms with E-state index in [-0.39, 0.29) is 25.3 Å². The zero-order valence-electron chi connectivity index (χ0n) is 17.5. The zero-order valence-corrected chi connectivity index (χ0v) is 17.5. The predicted molar refractivity (Wildman–Crippen MR) is 112 cm³/mol. The summed E-state index contributed by atoms with van der Waals surface area (Å²) in [6, 6.07) is 4.16. The molecule has 1 amide bonds. The molecule has 8 nitrogen and oxygen atoms in total. The molecule has 0 bridgehead atoms.